The number of rotatable bonds is 5. The fraction of sp³-hybridized carbons (Fsp3) is 0.136. The molecule has 1 N–H and O–H groups in total. The molecule has 0 amide bonds. The summed E-state index contributed by atoms with van der Waals surface area (Å²) in [6.07, 6.45) is 3.79. The molecule has 2 heterocycles. The molecule has 0 atom stereocenters. The van der Waals surface area contributed by atoms with E-state index in [2.05, 4.69) is 63.7 Å². The van der Waals surface area contributed by atoms with Crippen molar-refractivity contribution in [2.24, 2.45) is 0 Å². The highest BCUT2D eigenvalue weighted by atomic mass is 15.3. The van der Waals surface area contributed by atoms with Gasteiger partial charge in [0.2, 0.25) is 5.95 Å². The van der Waals surface area contributed by atoms with Gasteiger partial charge in [-0.2, -0.15) is 5.10 Å². The van der Waals surface area contributed by atoms with Gasteiger partial charge in [-0.05, 0) is 37.6 Å². The fourth-order valence-electron chi connectivity index (χ4n) is 2.91. The molecular weight excluding hydrogens is 334 g/mol. The Hall–Kier alpha value is -3.47. The molecule has 0 aliphatic carbocycles. The zero-order valence-corrected chi connectivity index (χ0v) is 15.4. The Morgan fingerprint density at radius 3 is 2.48 bits per heavy atom. The van der Waals surface area contributed by atoms with Gasteiger partial charge >= 0.3 is 0 Å². The highest BCUT2D eigenvalue weighted by molar-refractivity contribution is 5.62. The Balaban J connectivity index is 1.57. The minimum absolute atomic E-state index is 0.610. The van der Waals surface area contributed by atoms with Gasteiger partial charge in [-0.1, -0.05) is 48.0 Å². The maximum absolute atomic E-state index is 4.66. The molecule has 27 heavy (non-hydrogen) atoms. The molecule has 0 aliphatic rings. The Morgan fingerprint density at radius 1 is 0.926 bits per heavy atom. The molecule has 0 radical (unpaired) electrons. The van der Waals surface area contributed by atoms with Crippen molar-refractivity contribution in [1.29, 1.82) is 0 Å². The van der Waals surface area contributed by atoms with E-state index in [9.17, 15) is 0 Å². The van der Waals surface area contributed by atoms with E-state index in [4.69, 9.17) is 0 Å². The smallest absolute Gasteiger partial charge is 0.223 e. The highest BCUT2D eigenvalue weighted by Crippen LogP contribution is 2.23. The van der Waals surface area contributed by atoms with Crippen LogP contribution in [0.5, 0.6) is 0 Å². The zero-order chi connectivity index (χ0) is 18.6. The third kappa shape index (κ3) is 3.87. The Kier molecular flexibility index (Phi) is 4.66. The summed E-state index contributed by atoms with van der Waals surface area (Å²) in [6.45, 7) is 4.76. The number of nitrogens with one attached hydrogen (secondary N) is 1. The van der Waals surface area contributed by atoms with E-state index in [-0.39, 0.29) is 0 Å². The van der Waals surface area contributed by atoms with Crippen LogP contribution in [0, 0.1) is 13.8 Å². The summed E-state index contributed by atoms with van der Waals surface area (Å²) in [7, 11) is 0. The summed E-state index contributed by atoms with van der Waals surface area (Å²) in [5.41, 5.74) is 6.24. The molecule has 0 saturated carbocycles. The summed E-state index contributed by atoms with van der Waals surface area (Å²) in [4.78, 5) is 9.00. The SMILES string of the molecule is Cc1ccc(-n2cc(-c3ccnc(NCc4ccccc4)n3)c(C)n2)cc1. The van der Waals surface area contributed by atoms with Crippen molar-refractivity contribution in [3.63, 3.8) is 0 Å². The standard InChI is InChI=1S/C22H21N5/c1-16-8-10-19(11-9-16)27-15-20(17(2)26-27)21-12-13-23-22(25-21)24-14-18-6-4-3-5-7-18/h3-13,15H,14H2,1-2H3,(H,23,24,25). The van der Waals surface area contributed by atoms with E-state index >= 15 is 0 Å². The minimum Gasteiger partial charge on any atom is -0.350 e. The van der Waals surface area contributed by atoms with Crippen molar-refractivity contribution in [2.75, 3.05) is 5.32 Å². The molecule has 4 aromatic rings. The first-order valence-corrected chi connectivity index (χ1v) is 8.93. The monoisotopic (exact) mass is 355 g/mol. The second kappa shape index (κ2) is 7.41. The number of anilines is 1. The van der Waals surface area contributed by atoms with Gasteiger partial charge in [0.1, 0.15) is 0 Å². The Bertz CT molecular complexity index is 1040. The quantitative estimate of drug-likeness (QED) is 0.570. The lowest BCUT2D eigenvalue weighted by molar-refractivity contribution is 0.862. The van der Waals surface area contributed by atoms with Gasteiger partial charge < -0.3 is 5.32 Å². The molecule has 0 bridgehead atoms. The van der Waals surface area contributed by atoms with Crippen LogP contribution in [0.3, 0.4) is 0 Å². The van der Waals surface area contributed by atoms with Crippen LogP contribution in [0.2, 0.25) is 0 Å². The fourth-order valence-corrected chi connectivity index (χ4v) is 2.91. The molecular formula is C22H21N5. The van der Waals surface area contributed by atoms with Crippen molar-refractivity contribution >= 4 is 5.95 Å². The summed E-state index contributed by atoms with van der Waals surface area (Å²) in [6, 6.07) is 20.4. The van der Waals surface area contributed by atoms with Crippen LogP contribution in [0.1, 0.15) is 16.8 Å². The van der Waals surface area contributed by atoms with Gasteiger partial charge in [0, 0.05) is 24.5 Å². The van der Waals surface area contributed by atoms with Crippen LogP contribution in [-0.4, -0.2) is 19.7 Å². The maximum atomic E-state index is 4.66. The van der Waals surface area contributed by atoms with Crippen LogP contribution in [0.15, 0.2) is 73.1 Å². The lowest BCUT2D eigenvalue weighted by atomic mass is 10.2. The van der Waals surface area contributed by atoms with Gasteiger partial charge in [-0.3, -0.25) is 0 Å². The normalized spacial score (nSPS) is 10.7. The molecule has 0 fully saturated rings. The summed E-state index contributed by atoms with van der Waals surface area (Å²) < 4.78 is 1.89. The molecule has 2 aromatic heterocycles. The van der Waals surface area contributed by atoms with Gasteiger partial charge in [0.05, 0.1) is 17.1 Å². The van der Waals surface area contributed by atoms with Crippen LogP contribution >= 0.6 is 0 Å². The number of hydrogen-bond acceptors (Lipinski definition) is 4. The van der Waals surface area contributed by atoms with Crippen molar-refractivity contribution in [3.05, 3.63) is 89.9 Å². The molecule has 0 saturated heterocycles. The van der Waals surface area contributed by atoms with E-state index in [1.165, 1.54) is 11.1 Å². The van der Waals surface area contributed by atoms with E-state index in [0.29, 0.717) is 12.5 Å². The molecule has 4 rings (SSSR count). The largest absolute Gasteiger partial charge is 0.350 e. The summed E-state index contributed by atoms with van der Waals surface area (Å²) in [5.74, 6) is 0.610. The lowest BCUT2D eigenvalue weighted by Crippen LogP contribution is -2.03. The Labute approximate surface area is 158 Å². The maximum Gasteiger partial charge on any atom is 0.223 e. The first-order valence-electron chi connectivity index (χ1n) is 8.93. The average Bonchev–Trinajstić information content (AvgIpc) is 3.10. The van der Waals surface area contributed by atoms with Gasteiger partial charge in [0.25, 0.3) is 0 Å². The second-order valence-corrected chi connectivity index (χ2v) is 6.51. The number of benzene rings is 2. The highest BCUT2D eigenvalue weighted by Gasteiger charge is 2.11. The van der Waals surface area contributed by atoms with E-state index in [0.717, 1.165) is 22.6 Å². The number of aryl methyl sites for hydroxylation is 2. The van der Waals surface area contributed by atoms with Crippen LogP contribution < -0.4 is 5.32 Å². The van der Waals surface area contributed by atoms with Gasteiger partial charge in [-0.25, -0.2) is 14.6 Å². The molecule has 5 heteroatoms. The predicted octanol–water partition coefficient (Wildman–Crippen LogP) is 4.56. The van der Waals surface area contributed by atoms with Gasteiger partial charge in [0.15, 0.2) is 0 Å². The topological polar surface area (TPSA) is 55.6 Å². The van der Waals surface area contributed by atoms with Crippen molar-refractivity contribution in [1.82, 2.24) is 19.7 Å². The van der Waals surface area contributed by atoms with Gasteiger partial charge in [-0.15, -0.1) is 0 Å². The van der Waals surface area contributed by atoms with E-state index < -0.39 is 0 Å². The average molecular weight is 355 g/mol. The van der Waals surface area contributed by atoms with E-state index in [1.807, 2.05) is 42.1 Å². The molecule has 5 nitrogen and oxygen atoms in total. The zero-order valence-electron chi connectivity index (χ0n) is 15.4. The van der Waals surface area contributed by atoms with Crippen LogP contribution in [-0.2, 0) is 6.54 Å². The minimum atomic E-state index is 0.610. The van der Waals surface area contributed by atoms with Crippen molar-refractivity contribution in [3.8, 4) is 16.9 Å². The molecule has 0 aliphatic heterocycles. The summed E-state index contributed by atoms with van der Waals surface area (Å²) in [5, 5.41) is 7.93. The summed E-state index contributed by atoms with van der Waals surface area (Å²) >= 11 is 0. The third-order valence-corrected chi connectivity index (χ3v) is 4.42. The van der Waals surface area contributed by atoms with Crippen LogP contribution in [0.4, 0.5) is 5.95 Å². The Morgan fingerprint density at radius 2 is 1.70 bits per heavy atom. The number of aromatic nitrogens is 4. The molecule has 2 aromatic carbocycles. The molecule has 0 spiro atoms. The molecule has 134 valence electrons. The number of nitrogens with zero attached hydrogens (tertiary/aromatic N) is 4. The predicted molar refractivity (Wildman–Crippen MR) is 108 cm³/mol. The van der Waals surface area contributed by atoms with Crippen molar-refractivity contribution in [2.45, 2.75) is 20.4 Å². The lowest BCUT2D eigenvalue weighted by Gasteiger charge is -2.06. The van der Waals surface area contributed by atoms with Crippen LogP contribution in [0.25, 0.3) is 16.9 Å². The van der Waals surface area contributed by atoms with Crippen molar-refractivity contribution < 1.29 is 0 Å². The second-order valence-electron chi connectivity index (χ2n) is 6.51. The molecule has 0 unspecified atom stereocenters. The number of hydrogen-bond donors (Lipinski definition) is 1. The first kappa shape index (κ1) is 17.0. The van der Waals surface area contributed by atoms with E-state index in [1.54, 1.807) is 6.20 Å². The third-order valence-electron chi connectivity index (χ3n) is 4.42. The first-order chi connectivity index (χ1) is 13.2.